The minimum Gasteiger partial charge on any atom is -0.504 e. The molecule has 3 heterocycles. The summed E-state index contributed by atoms with van der Waals surface area (Å²) in [7, 11) is 2.20. The number of carbonyl (C=O) groups is 1. The molecule has 2 N–H and O–H groups in total. The minimum absolute atomic E-state index is 0.0381. The number of hydrogen-bond acceptors (Lipinski definition) is 7. The third-order valence-corrected chi connectivity index (χ3v) is 9.82. The van der Waals surface area contributed by atoms with E-state index in [9.17, 15) is 15.0 Å². The first-order valence-corrected chi connectivity index (χ1v) is 16.6. The van der Waals surface area contributed by atoms with Gasteiger partial charge in [-0.3, -0.25) is 9.69 Å². The smallest absolute Gasteiger partial charge is 0.253 e. The number of hydrogen-bond donors (Lipinski definition) is 2. The molecule has 4 aromatic rings. The van der Waals surface area contributed by atoms with Crippen LogP contribution in [-0.2, 0) is 13.0 Å². The maximum absolute atomic E-state index is 13.2. The molecule has 0 radical (unpaired) electrons. The van der Waals surface area contributed by atoms with Crippen molar-refractivity contribution < 1.29 is 19.7 Å². The molecule has 2 aliphatic heterocycles. The summed E-state index contributed by atoms with van der Waals surface area (Å²) in [5, 5.41) is 20.5. The number of aromatic hydroxyl groups is 2. The number of piperazine rings is 2. The highest BCUT2D eigenvalue weighted by molar-refractivity contribution is 5.94. The minimum atomic E-state index is -0.101. The lowest BCUT2D eigenvalue weighted by molar-refractivity contribution is 0.0638. The molecular weight excluding hydrogens is 578 g/mol. The van der Waals surface area contributed by atoms with Gasteiger partial charge < -0.3 is 34.2 Å². The highest BCUT2D eigenvalue weighted by atomic mass is 16.5. The molecule has 46 heavy (non-hydrogen) atoms. The van der Waals surface area contributed by atoms with Crippen LogP contribution in [0.3, 0.4) is 0 Å². The molecule has 9 nitrogen and oxygen atoms in total. The predicted octanol–water partition coefficient (Wildman–Crippen LogP) is 5.10. The summed E-state index contributed by atoms with van der Waals surface area (Å²) in [5.41, 5.74) is 5.50. The van der Waals surface area contributed by atoms with Crippen LogP contribution in [0.4, 0.5) is 0 Å². The zero-order chi connectivity index (χ0) is 32.2. The van der Waals surface area contributed by atoms with E-state index in [1.54, 1.807) is 6.07 Å². The van der Waals surface area contributed by atoms with Crippen molar-refractivity contribution in [2.24, 2.45) is 0 Å². The number of phenols is 2. The molecule has 2 saturated heterocycles. The summed E-state index contributed by atoms with van der Waals surface area (Å²) in [5.74, 6) is 1.35. The van der Waals surface area contributed by atoms with E-state index in [2.05, 4.69) is 52.3 Å². The molecule has 9 heteroatoms. The van der Waals surface area contributed by atoms with Gasteiger partial charge in [-0.05, 0) is 106 Å². The van der Waals surface area contributed by atoms with Crippen molar-refractivity contribution in [3.63, 3.8) is 0 Å². The van der Waals surface area contributed by atoms with Gasteiger partial charge in [0.15, 0.2) is 11.5 Å². The van der Waals surface area contributed by atoms with Crippen molar-refractivity contribution in [3.8, 4) is 23.0 Å². The number of fused-ring (bicyclic) bond motifs is 1. The molecule has 0 aliphatic carbocycles. The van der Waals surface area contributed by atoms with Crippen LogP contribution >= 0.6 is 0 Å². The van der Waals surface area contributed by atoms with Gasteiger partial charge in [-0.15, -0.1) is 0 Å². The van der Waals surface area contributed by atoms with Crippen molar-refractivity contribution in [3.05, 3.63) is 83.0 Å². The Morgan fingerprint density at radius 3 is 2.13 bits per heavy atom. The van der Waals surface area contributed by atoms with Crippen LogP contribution in [0.25, 0.3) is 10.9 Å². The van der Waals surface area contributed by atoms with Gasteiger partial charge in [0.05, 0.1) is 0 Å². The second-order valence-corrected chi connectivity index (χ2v) is 12.9. The molecule has 0 spiro atoms. The van der Waals surface area contributed by atoms with Crippen LogP contribution in [0.15, 0.2) is 60.7 Å². The van der Waals surface area contributed by atoms with Crippen LogP contribution in [0.5, 0.6) is 23.0 Å². The Kier molecular flexibility index (Phi) is 9.82. The third kappa shape index (κ3) is 7.33. The number of benzene rings is 3. The molecule has 0 bridgehead atoms. The Hall–Kier alpha value is -4.05. The number of carbonyl (C=O) groups excluding carboxylic acids is 1. The Morgan fingerprint density at radius 2 is 1.41 bits per heavy atom. The zero-order valence-electron chi connectivity index (χ0n) is 27.4. The van der Waals surface area contributed by atoms with Crippen LogP contribution < -0.4 is 4.74 Å². The molecule has 0 unspecified atom stereocenters. The van der Waals surface area contributed by atoms with E-state index in [4.69, 9.17) is 4.74 Å². The Morgan fingerprint density at radius 1 is 0.739 bits per heavy atom. The fourth-order valence-electron chi connectivity index (χ4n) is 6.67. The molecule has 1 aromatic heterocycles. The molecule has 2 fully saturated rings. The molecule has 1 amide bonds. The number of amides is 1. The summed E-state index contributed by atoms with van der Waals surface area (Å²) >= 11 is 0. The molecular formula is C37H47N5O4. The van der Waals surface area contributed by atoms with Gasteiger partial charge in [-0.25, -0.2) is 0 Å². The number of aromatic nitrogens is 1. The Bertz CT molecular complexity index is 1650. The van der Waals surface area contributed by atoms with Gasteiger partial charge in [-0.2, -0.15) is 0 Å². The van der Waals surface area contributed by atoms with Gasteiger partial charge in [0.1, 0.15) is 11.5 Å². The fraction of sp³-hybridized carbons (Fsp3) is 0.432. The van der Waals surface area contributed by atoms with E-state index in [0.29, 0.717) is 24.4 Å². The zero-order valence-corrected chi connectivity index (χ0v) is 27.4. The van der Waals surface area contributed by atoms with Crippen molar-refractivity contribution in [2.45, 2.75) is 33.2 Å². The topological polar surface area (TPSA) is 84.7 Å². The van der Waals surface area contributed by atoms with E-state index in [1.807, 2.05) is 41.3 Å². The average Bonchev–Trinajstić information content (AvgIpc) is 3.30. The summed E-state index contributed by atoms with van der Waals surface area (Å²) in [6.07, 6.45) is 1.91. The van der Waals surface area contributed by atoms with Crippen LogP contribution in [0.1, 0.15) is 33.6 Å². The molecule has 6 rings (SSSR count). The molecule has 0 saturated carbocycles. The molecule has 2 aliphatic rings. The first-order chi connectivity index (χ1) is 22.2. The fourth-order valence-corrected chi connectivity index (χ4v) is 6.67. The first-order valence-electron chi connectivity index (χ1n) is 16.6. The standard InChI is InChI=1S/C37H47N5O4/c1-27-28(2)42(15-4-14-39-19-17-38(3)18-20-39)34-11-10-32(26-33(27)34)46-31-8-6-30(7-9-31)37(45)41-23-21-40(22-24-41)16-13-29-5-12-35(43)36(44)25-29/h5-12,25-26,43-44H,4,13-24H2,1-3H3. The van der Waals surface area contributed by atoms with Crippen molar-refractivity contribution in [2.75, 3.05) is 72.5 Å². The number of phenolic OH excluding ortho intramolecular Hbond substituents is 2. The lowest BCUT2D eigenvalue weighted by Gasteiger charge is -2.34. The molecule has 3 aromatic carbocycles. The summed E-state index contributed by atoms with van der Waals surface area (Å²) in [4.78, 5) is 22.4. The second kappa shape index (κ2) is 14.2. The van der Waals surface area contributed by atoms with E-state index in [1.165, 1.54) is 28.2 Å². The summed E-state index contributed by atoms with van der Waals surface area (Å²) in [6, 6.07) is 18.8. The van der Waals surface area contributed by atoms with Gasteiger partial charge in [0, 0.05) is 87.6 Å². The number of nitrogens with zero attached hydrogens (tertiary/aromatic N) is 5. The van der Waals surface area contributed by atoms with Gasteiger partial charge in [0.25, 0.3) is 5.91 Å². The summed E-state index contributed by atoms with van der Waals surface area (Å²) in [6.45, 7) is 15.0. The third-order valence-electron chi connectivity index (χ3n) is 9.82. The normalized spacial score (nSPS) is 16.7. The Labute approximate surface area is 272 Å². The van der Waals surface area contributed by atoms with Crippen molar-refractivity contribution >= 4 is 16.8 Å². The van der Waals surface area contributed by atoms with E-state index in [0.717, 1.165) is 83.1 Å². The summed E-state index contributed by atoms with van der Waals surface area (Å²) < 4.78 is 8.70. The number of rotatable bonds is 10. The van der Waals surface area contributed by atoms with E-state index in [-0.39, 0.29) is 17.4 Å². The van der Waals surface area contributed by atoms with Crippen LogP contribution in [0.2, 0.25) is 0 Å². The average molecular weight is 626 g/mol. The van der Waals surface area contributed by atoms with Gasteiger partial charge in [0.2, 0.25) is 0 Å². The largest absolute Gasteiger partial charge is 0.504 e. The van der Waals surface area contributed by atoms with Gasteiger partial charge in [-0.1, -0.05) is 6.07 Å². The maximum atomic E-state index is 13.2. The monoisotopic (exact) mass is 625 g/mol. The highest BCUT2D eigenvalue weighted by Crippen LogP contribution is 2.31. The van der Waals surface area contributed by atoms with Crippen LogP contribution in [-0.4, -0.2) is 113 Å². The predicted molar refractivity (Wildman–Crippen MR) is 182 cm³/mol. The highest BCUT2D eigenvalue weighted by Gasteiger charge is 2.22. The van der Waals surface area contributed by atoms with E-state index >= 15 is 0 Å². The SMILES string of the molecule is Cc1c(C)n(CCCN2CCN(C)CC2)c2ccc(Oc3ccc(C(=O)N4CCN(CCc5ccc(O)c(O)c5)CC4)cc3)cc12. The van der Waals surface area contributed by atoms with Crippen LogP contribution in [0, 0.1) is 13.8 Å². The maximum Gasteiger partial charge on any atom is 0.253 e. The lowest BCUT2D eigenvalue weighted by Crippen LogP contribution is -2.49. The molecule has 0 atom stereocenters. The second-order valence-electron chi connectivity index (χ2n) is 12.9. The number of likely N-dealkylation sites (N-methyl/N-ethyl adjacent to an activating group) is 1. The quantitative estimate of drug-likeness (QED) is 0.237. The number of aryl methyl sites for hydroxylation is 2. The Balaban J connectivity index is 1.00. The first kappa shape index (κ1) is 31.9. The van der Waals surface area contributed by atoms with Crippen molar-refractivity contribution in [1.82, 2.24) is 24.2 Å². The lowest BCUT2D eigenvalue weighted by atomic mass is 10.1. The van der Waals surface area contributed by atoms with E-state index < -0.39 is 0 Å². The van der Waals surface area contributed by atoms with Crippen molar-refractivity contribution in [1.29, 1.82) is 0 Å². The van der Waals surface area contributed by atoms with Gasteiger partial charge >= 0.3 is 0 Å². The molecule has 244 valence electrons. The number of ether oxygens (including phenoxy) is 1.